The van der Waals surface area contributed by atoms with Crippen molar-refractivity contribution in [2.24, 2.45) is 5.41 Å². The monoisotopic (exact) mass is 246 g/mol. The molecule has 0 aromatic rings. The summed E-state index contributed by atoms with van der Waals surface area (Å²) in [7, 11) is 0. The molecule has 2 heterocycles. The number of hydrogen-bond acceptors (Lipinski definition) is 2. The predicted molar refractivity (Wildman–Crippen MR) is 65.4 cm³/mol. The fourth-order valence-electron chi connectivity index (χ4n) is 3.00. The molecule has 0 N–H and O–H groups in total. The van der Waals surface area contributed by atoms with Crippen molar-refractivity contribution in [1.29, 1.82) is 0 Å². The largest absolute Gasteiger partial charge is 0.301 e. The van der Waals surface area contributed by atoms with Gasteiger partial charge in [-0.05, 0) is 45.2 Å². The molecule has 2 saturated heterocycles. The molecule has 0 aromatic heterocycles. The molecule has 0 saturated carbocycles. The number of hydrogen-bond donors (Lipinski definition) is 0. The van der Waals surface area contributed by atoms with Crippen LogP contribution in [0.3, 0.4) is 0 Å². The van der Waals surface area contributed by atoms with Gasteiger partial charge < -0.3 is 4.90 Å². The van der Waals surface area contributed by atoms with Crippen LogP contribution in [0.5, 0.6) is 0 Å². The number of alkyl halides is 2. The van der Waals surface area contributed by atoms with E-state index in [0.29, 0.717) is 6.04 Å². The molecule has 2 aliphatic rings. The average molecular weight is 246 g/mol. The minimum absolute atomic E-state index is 0.0313. The first-order valence-corrected chi connectivity index (χ1v) is 6.64. The van der Waals surface area contributed by atoms with Crippen LogP contribution in [0.2, 0.25) is 0 Å². The molecule has 2 rings (SSSR count). The number of likely N-dealkylation sites (tertiary alicyclic amines) is 2. The van der Waals surface area contributed by atoms with Crippen molar-refractivity contribution >= 4 is 0 Å². The van der Waals surface area contributed by atoms with Crippen molar-refractivity contribution in [3.63, 3.8) is 0 Å². The second-order valence-electron chi connectivity index (χ2n) is 6.44. The van der Waals surface area contributed by atoms with Crippen LogP contribution in [0.25, 0.3) is 0 Å². The summed E-state index contributed by atoms with van der Waals surface area (Å²) in [4.78, 5) is 4.39. The normalized spacial score (nSPS) is 29.3. The summed E-state index contributed by atoms with van der Waals surface area (Å²) in [5.41, 5.74) is 0.238. The minimum Gasteiger partial charge on any atom is -0.301 e. The zero-order valence-electron chi connectivity index (χ0n) is 11.2. The number of halogens is 2. The van der Waals surface area contributed by atoms with E-state index >= 15 is 0 Å². The molecule has 4 heteroatoms. The van der Waals surface area contributed by atoms with Crippen molar-refractivity contribution in [1.82, 2.24) is 9.80 Å². The first-order valence-electron chi connectivity index (χ1n) is 6.64. The standard InChI is InChI=1S/C13H24F2N2/c1-11(2)17-6-4-12(3,5-7-17)8-16-9-13(14,15)10-16/h11H,4-10H2,1-3H3. The second kappa shape index (κ2) is 4.47. The Hall–Kier alpha value is -0.220. The summed E-state index contributed by atoms with van der Waals surface area (Å²) in [5, 5.41) is 0. The second-order valence-corrected chi connectivity index (χ2v) is 6.44. The maximum Gasteiger partial charge on any atom is 0.272 e. The summed E-state index contributed by atoms with van der Waals surface area (Å²) in [6, 6.07) is 0.605. The van der Waals surface area contributed by atoms with Crippen molar-refractivity contribution in [3.05, 3.63) is 0 Å². The van der Waals surface area contributed by atoms with E-state index in [9.17, 15) is 8.78 Å². The summed E-state index contributed by atoms with van der Waals surface area (Å²) in [6.45, 7) is 9.69. The van der Waals surface area contributed by atoms with Crippen LogP contribution >= 0.6 is 0 Å². The number of nitrogens with zero attached hydrogens (tertiary/aromatic N) is 2. The maximum atomic E-state index is 12.8. The molecule has 17 heavy (non-hydrogen) atoms. The van der Waals surface area contributed by atoms with Gasteiger partial charge in [0.15, 0.2) is 0 Å². The van der Waals surface area contributed by atoms with Crippen molar-refractivity contribution in [3.8, 4) is 0 Å². The highest BCUT2D eigenvalue weighted by Crippen LogP contribution is 2.36. The third-order valence-electron chi connectivity index (χ3n) is 4.25. The SMILES string of the molecule is CC(C)N1CCC(C)(CN2CC(F)(F)C2)CC1. The Kier molecular flexibility index (Phi) is 3.47. The van der Waals surface area contributed by atoms with Gasteiger partial charge in [0.2, 0.25) is 0 Å². The van der Waals surface area contributed by atoms with E-state index in [1.165, 1.54) is 0 Å². The summed E-state index contributed by atoms with van der Waals surface area (Å²) in [5.74, 6) is -2.42. The number of rotatable bonds is 3. The van der Waals surface area contributed by atoms with Gasteiger partial charge in [0, 0.05) is 12.6 Å². The van der Waals surface area contributed by atoms with Crippen LogP contribution < -0.4 is 0 Å². The molecular weight excluding hydrogens is 222 g/mol. The molecule has 0 amide bonds. The van der Waals surface area contributed by atoms with Gasteiger partial charge >= 0.3 is 0 Å². The quantitative estimate of drug-likeness (QED) is 0.754. The molecule has 2 nitrogen and oxygen atoms in total. The van der Waals surface area contributed by atoms with Gasteiger partial charge in [-0.25, -0.2) is 8.78 Å². The van der Waals surface area contributed by atoms with Gasteiger partial charge in [-0.3, -0.25) is 4.90 Å². The van der Waals surface area contributed by atoms with E-state index in [2.05, 4.69) is 25.7 Å². The van der Waals surface area contributed by atoms with Gasteiger partial charge in [0.05, 0.1) is 13.1 Å². The Bertz CT molecular complexity index is 263. The van der Waals surface area contributed by atoms with Crippen LogP contribution in [-0.4, -0.2) is 54.5 Å². The molecule has 0 spiro atoms. The zero-order chi connectivity index (χ0) is 12.7. The van der Waals surface area contributed by atoms with E-state index in [4.69, 9.17) is 0 Å². The molecule has 0 bridgehead atoms. The summed E-state index contributed by atoms with van der Waals surface area (Å²) < 4.78 is 25.6. The van der Waals surface area contributed by atoms with Gasteiger partial charge in [0.25, 0.3) is 5.92 Å². The third-order valence-corrected chi connectivity index (χ3v) is 4.25. The predicted octanol–water partition coefficient (Wildman–Crippen LogP) is 2.45. The van der Waals surface area contributed by atoms with Crippen LogP contribution in [0.15, 0.2) is 0 Å². The Labute approximate surface area is 103 Å². The van der Waals surface area contributed by atoms with E-state index in [-0.39, 0.29) is 18.5 Å². The molecule has 2 aliphatic heterocycles. The minimum atomic E-state index is -2.42. The first-order chi connectivity index (χ1) is 7.80. The molecule has 0 aromatic carbocycles. The van der Waals surface area contributed by atoms with E-state index in [0.717, 1.165) is 32.5 Å². The lowest BCUT2D eigenvalue weighted by atomic mass is 9.79. The Morgan fingerprint density at radius 2 is 1.65 bits per heavy atom. The zero-order valence-corrected chi connectivity index (χ0v) is 11.2. The highest BCUT2D eigenvalue weighted by molar-refractivity contribution is 4.93. The van der Waals surface area contributed by atoms with Gasteiger partial charge in [-0.2, -0.15) is 0 Å². The van der Waals surface area contributed by atoms with Crippen molar-refractivity contribution < 1.29 is 8.78 Å². The average Bonchev–Trinajstić information content (AvgIpc) is 2.14. The lowest BCUT2D eigenvalue weighted by Gasteiger charge is -2.47. The Morgan fingerprint density at radius 1 is 1.12 bits per heavy atom. The highest BCUT2D eigenvalue weighted by atomic mass is 19.3. The van der Waals surface area contributed by atoms with Crippen LogP contribution in [0.1, 0.15) is 33.6 Å². The van der Waals surface area contributed by atoms with Crippen LogP contribution in [0.4, 0.5) is 8.78 Å². The Balaban J connectivity index is 1.78. The number of piperidine rings is 1. The van der Waals surface area contributed by atoms with Crippen molar-refractivity contribution in [2.45, 2.75) is 45.6 Å². The molecule has 2 fully saturated rings. The fraction of sp³-hybridized carbons (Fsp3) is 1.00. The summed E-state index contributed by atoms with van der Waals surface area (Å²) in [6.07, 6.45) is 2.26. The lowest BCUT2D eigenvalue weighted by molar-refractivity contribution is -0.143. The highest BCUT2D eigenvalue weighted by Gasteiger charge is 2.46. The molecular formula is C13H24F2N2. The third kappa shape index (κ3) is 3.16. The topological polar surface area (TPSA) is 6.48 Å². The Morgan fingerprint density at radius 3 is 2.06 bits per heavy atom. The molecule has 0 atom stereocenters. The molecule has 0 unspecified atom stereocenters. The van der Waals surface area contributed by atoms with E-state index in [1.54, 1.807) is 0 Å². The van der Waals surface area contributed by atoms with Gasteiger partial charge in [-0.15, -0.1) is 0 Å². The van der Waals surface area contributed by atoms with Gasteiger partial charge in [-0.1, -0.05) is 6.92 Å². The summed E-state index contributed by atoms with van der Waals surface area (Å²) >= 11 is 0. The fourth-order valence-corrected chi connectivity index (χ4v) is 3.00. The van der Waals surface area contributed by atoms with Gasteiger partial charge in [0.1, 0.15) is 0 Å². The molecule has 100 valence electrons. The lowest BCUT2D eigenvalue weighted by Crippen LogP contribution is -2.59. The van der Waals surface area contributed by atoms with Crippen LogP contribution in [0, 0.1) is 5.41 Å². The molecule has 0 aliphatic carbocycles. The van der Waals surface area contributed by atoms with E-state index < -0.39 is 5.92 Å². The van der Waals surface area contributed by atoms with Crippen molar-refractivity contribution in [2.75, 3.05) is 32.7 Å². The van der Waals surface area contributed by atoms with E-state index in [1.807, 2.05) is 4.90 Å². The van der Waals surface area contributed by atoms with Crippen LogP contribution in [-0.2, 0) is 0 Å². The molecule has 0 radical (unpaired) electrons. The first kappa shape index (κ1) is 13.2. The smallest absolute Gasteiger partial charge is 0.272 e. The maximum absolute atomic E-state index is 12.8.